The summed E-state index contributed by atoms with van der Waals surface area (Å²) in [6.45, 7) is 0.589. The molecule has 98 valence electrons. The van der Waals surface area contributed by atoms with Crippen molar-refractivity contribution in [2.24, 2.45) is 11.7 Å². The Morgan fingerprint density at radius 3 is 2.88 bits per heavy atom. The maximum absolute atomic E-state index is 11.5. The van der Waals surface area contributed by atoms with E-state index in [-0.39, 0.29) is 18.1 Å². The van der Waals surface area contributed by atoms with Gasteiger partial charge in [0.25, 0.3) is 0 Å². The highest BCUT2D eigenvalue weighted by Gasteiger charge is 2.53. The number of carbonyl (C=O) groups excluding carboxylic acids is 1. The van der Waals surface area contributed by atoms with E-state index in [9.17, 15) is 13.2 Å². The molecule has 1 saturated heterocycles. The molecule has 2 fully saturated rings. The third-order valence-corrected chi connectivity index (χ3v) is 4.16. The maximum atomic E-state index is 11.5. The van der Waals surface area contributed by atoms with Crippen molar-refractivity contribution < 1.29 is 22.7 Å². The molecule has 9 heteroatoms. The molecule has 4 atom stereocenters. The van der Waals surface area contributed by atoms with Gasteiger partial charge in [-0.15, -0.1) is 0 Å². The second-order valence-corrected chi connectivity index (χ2v) is 5.55. The molecule has 0 aromatic rings. The van der Waals surface area contributed by atoms with Crippen LogP contribution in [0.25, 0.3) is 0 Å². The molecule has 17 heavy (non-hydrogen) atoms. The Morgan fingerprint density at radius 1 is 1.53 bits per heavy atom. The molecule has 0 aromatic heterocycles. The zero-order chi connectivity index (χ0) is 12.6. The van der Waals surface area contributed by atoms with E-state index in [0.717, 1.165) is 13.5 Å². The first kappa shape index (κ1) is 12.6. The van der Waals surface area contributed by atoms with Gasteiger partial charge in [-0.3, -0.25) is 0 Å². The summed E-state index contributed by atoms with van der Waals surface area (Å²) in [4.78, 5) is 10.8. The lowest BCUT2D eigenvalue weighted by molar-refractivity contribution is -0.00936. The number of ether oxygens (including phenoxy) is 2. The van der Waals surface area contributed by atoms with Crippen LogP contribution in [0.15, 0.2) is 0 Å². The second-order valence-electron chi connectivity index (χ2n) is 4.11. The van der Waals surface area contributed by atoms with Crippen LogP contribution in [-0.2, 0) is 19.7 Å². The van der Waals surface area contributed by atoms with Crippen molar-refractivity contribution in [3.63, 3.8) is 0 Å². The van der Waals surface area contributed by atoms with E-state index in [1.807, 2.05) is 0 Å². The normalized spacial score (nSPS) is 35.9. The fourth-order valence-corrected chi connectivity index (χ4v) is 3.27. The number of hydrogen-bond donors (Lipinski definition) is 3. The van der Waals surface area contributed by atoms with E-state index in [0.29, 0.717) is 6.61 Å². The Balaban J connectivity index is 1.95. The summed E-state index contributed by atoms with van der Waals surface area (Å²) < 4.78 is 36.6. The minimum Gasteiger partial charge on any atom is -0.452 e. The highest BCUT2D eigenvalue weighted by atomic mass is 32.2. The minimum absolute atomic E-state index is 0.195. The van der Waals surface area contributed by atoms with E-state index in [1.54, 1.807) is 4.72 Å². The first-order valence-electron chi connectivity index (χ1n) is 5.20. The van der Waals surface area contributed by atoms with Crippen LogP contribution >= 0.6 is 0 Å². The molecule has 2 aliphatic rings. The van der Waals surface area contributed by atoms with Gasteiger partial charge in [-0.25, -0.2) is 9.52 Å². The molecule has 0 spiro atoms. The van der Waals surface area contributed by atoms with Crippen molar-refractivity contribution in [3.05, 3.63) is 0 Å². The standard InChI is InChI=1S/C8H15N3O5S/c1-15-8(12)11-17(13,14)10-6-5(9)4-2-3-16-7(4)6/h4-7,10H,2-3,9H2,1H3,(H,11,12). The quantitative estimate of drug-likeness (QED) is 0.559. The van der Waals surface area contributed by atoms with Gasteiger partial charge in [-0.05, 0) is 6.42 Å². The van der Waals surface area contributed by atoms with Crippen molar-refractivity contribution in [3.8, 4) is 0 Å². The molecule has 1 heterocycles. The van der Waals surface area contributed by atoms with Crippen LogP contribution < -0.4 is 15.2 Å². The average molecular weight is 265 g/mol. The minimum atomic E-state index is -3.96. The Morgan fingerprint density at radius 2 is 2.24 bits per heavy atom. The van der Waals surface area contributed by atoms with Crippen molar-refractivity contribution in [2.45, 2.75) is 24.6 Å². The summed E-state index contributed by atoms with van der Waals surface area (Å²) in [5.41, 5.74) is 5.83. The molecular weight excluding hydrogens is 250 g/mol. The fraction of sp³-hybridized carbons (Fsp3) is 0.875. The monoisotopic (exact) mass is 265 g/mol. The molecule has 4 unspecified atom stereocenters. The summed E-state index contributed by atoms with van der Waals surface area (Å²) >= 11 is 0. The molecule has 1 aliphatic carbocycles. The van der Waals surface area contributed by atoms with E-state index in [4.69, 9.17) is 10.5 Å². The molecule has 1 aliphatic heterocycles. The number of fused-ring (bicyclic) bond motifs is 1. The van der Waals surface area contributed by atoms with Crippen LogP contribution in [0.5, 0.6) is 0 Å². The molecular formula is C8H15N3O5S. The highest BCUT2D eigenvalue weighted by molar-refractivity contribution is 7.88. The van der Waals surface area contributed by atoms with Crippen LogP contribution in [0, 0.1) is 5.92 Å². The molecule has 2 rings (SSSR count). The first-order chi connectivity index (χ1) is 7.94. The smallest absolute Gasteiger partial charge is 0.421 e. The zero-order valence-corrected chi connectivity index (χ0v) is 10.1. The molecule has 4 N–H and O–H groups in total. The number of amides is 1. The van der Waals surface area contributed by atoms with Gasteiger partial charge in [0.05, 0.1) is 19.3 Å². The van der Waals surface area contributed by atoms with Crippen molar-refractivity contribution in [2.75, 3.05) is 13.7 Å². The van der Waals surface area contributed by atoms with Gasteiger partial charge in [-0.2, -0.15) is 13.1 Å². The van der Waals surface area contributed by atoms with Crippen molar-refractivity contribution in [1.29, 1.82) is 0 Å². The zero-order valence-electron chi connectivity index (χ0n) is 9.25. The molecule has 1 saturated carbocycles. The lowest BCUT2D eigenvalue weighted by Gasteiger charge is -2.45. The topological polar surface area (TPSA) is 120 Å². The molecule has 8 nitrogen and oxygen atoms in total. The average Bonchev–Trinajstić information content (AvgIpc) is 2.70. The van der Waals surface area contributed by atoms with E-state index >= 15 is 0 Å². The molecule has 0 bridgehead atoms. The van der Waals surface area contributed by atoms with Gasteiger partial charge >= 0.3 is 16.3 Å². The Kier molecular flexibility index (Phi) is 3.25. The van der Waals surface area contributed by atoms with Gasteiger partial charge in [0.15, 0.2) is 0 Å². The van der Waals surface area contributed by atoms with Crippen LogP contribution in [0.1, 0.15) is 6.42 Å². The Hall–Kier alpha value is -0.900. The third-order valence-electron chi connectivity index (χ3n) is 3.14. The number of nitrogens with two attached hydrogens (primary N) is 1. The second kappa shape index (κ2) is 4.41. The fourth-order valence-electron chi connectivity index (χ4n) is 2.25. The molecule has 0 radical (unpaired) electrons. The number of carbonyl (C=O) groups is 1. The van der Waals surface area contributed by atoms with Gasteiger partial charge in [0.1, 0.15) is 0 Å². The Labute approximate surface area is 99.0 Å². The van der Waals surface area contributed by atoms with Crippen LogP contribution in [-0.4, -0.2) is 46.4 Å². The number of methoxy groups -OCH3 is 1. The summed E-state index contributed by atoms with van der Waals surface area (Å²) in [7, 11) is -2.88. The summed E-state index contributed by atoms with van der Waals surface area (Å²) in [6, 6.07) is -0.777. The molecule has 0 aromatic carbocycles. The van der Waals surface area contributed by atoms with Crippen LogP contribution in [0.3, 0.4) is 0 Å². The number of nitrogens with one attached hydrogen (secondary N) is 2. The van der Waals surface area contributed by atoms with Crippen LogP contribution in [0.2, 0.25) is 0 Å². The summed E-state index contributed by atoms with van der Waals surface area (Å²) in [6.07, 6.45) is -0.400. The summed E-state index contributed by atoms with van der Waals surface area (Å²) in [5.74, 6) is 0.195. The van der Waals surface area contributed by atoms with Gasteiger partial charge in [0, 0.05) is 18.6 Å². The van der Waals surface area contributed by atoms with E-state index in [2.05, 4.69) is 9.46 Å². The number of hydrogen-bond acceptors (Lipinski definition) is 6. The summed E-state index contributed by atoms with van der Waals surface area (Å²) in [5, 5.41) is 0. The van der Waals surface area contributed by atoms with Gasteiger partial charge < -0.3 is 15.2 Å². The lowest BCUT2D eigenvalue weighted by atomic mass is 9.73. The Bertz CT molecular complexity index is 411. The van der Waals surface area contributed by atoms with Gasteiger partial charge in [-0.1, -0.05) is 0 Å². The molecule has 1 amide bonds. The maximum Gasteiger partial charge on any atom is 0.421 e. The predicted octanol–water partition coefficient (Wildman–Crippen LogP) is -1.71. The highest BCUT2D eigenvalue weighted by Crippen LogP contribution is 2.37. The van der Waals surface area contributed by atoms with E-state index < -0.39 is 22.3 Å². The van der Waals surface area contributed by atoms with Crippen LogP contribution in [0.4, 0.5) is 4.79 Å². The largest absolute Gasteiger partial charge is 0.452 e. The third kappa shape index (κ3) is 2.37. The SMILES string of the molecule is COC(=O)NS(=O)(=O)NC1C(N)C2CCOC21. The number of rotatable bonds is 3. The first-order valence-corrected chi connectivity index (χ1v) is 6.68. The van der Waals surface area contributed by atoms with Crippen molar-refractivity contribution in [1.82, 2.24) is 9.44 Å². The predicted molar refractivity (Wildman–Crippen MR) is 57.2 cm³/mol. The van der Waals surface area contributed by atoms with E-state index in [1.165, 1.54) is 0 Å². The van der Waals surface area contributed by atoms with Crippen molar-refractivity contribution >= 4 is 16.3 Å². The van der Waals surface area contributed by atoms with Gasteiger partial charge in [0.2, 0.25) is 0 Å². The lowest BCUT2D eigenvalue weighted by Crippen LogP contribution is -2.69.